The lowest BCUT2D eigenvalue weighted by molar-refractivity contribution is -0.137. The zero-order chi connectivity index (χ0) is 34.3. The number of aromatic nitrogens is 1. The molecule has 4 unspecified atom stereocenters. The van der Waals surface area contributed by atoms with Gasteiger partial charge in [-0.05, 0) is 79.8 Å². The molecule has 48 heavy (non-hydrogen) atoms. The van der Waals surface area contributed by atoms with Crippen LogP contribution in [0.4, 0.5) is 13.2 Å². The zero-order valence-electron chi connectivity index (χ0n) is 28.6. The first-order valence-electron chi connectivity index (χ1n) is 17.4. The van der Waals surface area contributed by atoms with Crippen LogP contribution in [0.5, 0.6) is 0 Å². The molecule has 1 aromatic carbocycles. The molecule has 5 aliphatic rings. The normalized spacial score (nSPS) is 29.0. The molecule has 11 heteroatoms. The van der Waals surface area contributed by atoms with E-state index in [0.29, 0.717) is 38.4 Å². The van der Waals surface area contributed by atoms with Gasteiger partial charge in [0.05, 0.1) is 39.5 Å². The fraction of sp³-hybridized carbons (Fsp3) is 0.676. The summed E-state index contributed by atoms with van der Waals surface area (Å²) >= 11 is 2.46. The minimum Gasteiger partial charge on any atom is -0.410 e. The minimum atomic E-state index is -4.63. The Kier molecular flexibility index (Phi) is 8.93. The molecule has 2 spiro atoms. The number of hydrogen-bond acceptors (Lipinski definition) is 6. The first kappa shape index (κ1) is 34.9. The van der Waals surface area contributed by atoms with Crippen molar-refractivity contribution in [3.05, 3.63) is 63.0 Å². The number of hydrogen-bond donors (Lipinski definition) is 0. The Balaban J connectivity index is 1.50. The van der Waals surface area contributed by atoms with Crippen LogP contribution in [0.2, 0.25) is 18.1 Å². The van der Waals surface area contributed by atoms with Gasteiger partial charge in [0, 0.05) is 54.5 Å². The van der Waals surface area contributed by atoms with E-state index in [9.17, 15) is 18.4 Å². The van der Waals surface area contributed by atoms with Crippen molar-refractivity contribution < 1.29 is 31.8 Å². The average molecular weight is 795 g/mol. The molecule has 4 atom stereocenters. The number of fused-ring (bicyclic) bond motifs is 4. The maximum Gasteiger partial charge on any atom is 0.417 e. The van der Waals surface area contributed by atoms with E-state index >= 15 is 0 Å². The predicted octanol–water partition coefficient (Wildman–Crippen LogP) is 9.58. The molecule has 3 aliphatic heterocycles. The highest BCUT2D eigenvalue weighted by Crippen LogP contribution is 2.62. The molecule has 260 valence electrons. The summed E-state index contributed by atoms with van der Waals surface area (Å²) in [5.74, 6) is 0.135. The van der Waals surface area contributed by atoms with Crippen LogP contribution in [0.25, 0.3) is 0 Å². The first-order valence-corrected chi connectivity index (χ1v) is 21.6. The number of nitrogens with zero attached hydrogens (tertiary/aromatic N) is 2. The summed E-state index contributed by atoms with van der Waals surface area (Å²) in [7, 11) is -2.24. The Morgan fingerprint density at radius 1 is 1.04 bits per heavy atom. The second-order valence-corrected chi connectivity index (χ2v) is 22.5. The van der Waals surface area contributed by atoms with Gasteiger partial charge in [-0.15, -0.1) is 0 Å². The Morgan fingerprint density at radius 3 is 2.38 bits per heavy atom. The van der Waals surface area contributed by atoms with E-state index in [1.807, 2.05) is 6.07 Å². The number of rotatable bonds is 4. The van der Waals surface area contributed by atoms with Crippen LogP contribution in [-0.4, -0.2) is 43.7 Å². The largest absolute Gasteiger partial charge is 0.417 e. The van der Waals surface area contributed by atoms with Gasteiger partial charge in [-0.2, -0.15) is 18.4 Å². The van der Waals surface area contributed by atoms with Crippen LogP contribution in [0, 0.1) is 16.7 Å². The fourth-order valence-corrected chi connectivity index (χ4v) is 10.8. The van der Waals surface area contributed by atoms with E-state index in [1.165, 1.54) is 31.4 Å². The maximum absolute atomic E-state index is 13.9. The van der Waals surface area contributed by atoms with Crippen molar-refractivity contribution in [2.24, 2.45) is 5.41 Å². The molecule has 1 saturated carbocycles. The summed E-state index contributed by atoms with van der Waals surface area (Å²) in [4.78, 5) is 5.63. The van der Waals surface area contributed by atoms with E-state index in [4.69, 9.17) is 23.6 Å². The summed E-state index contributed by atoms with van der Waals surface area (Å²) < 4.78 is 68.4. The smallest absolute Gasteiger partial charge is 0.410 e. The lowest BCUT2D eigenvalue weighted by atomic mass is 9.58. The molecule has 0 N–H and O–H groups in total. The molecule has 7 rings (SSSR count). The monoisotopic (exact) mass is 794 g/mol. The van der Waals surface area contributed by atoms with Gasteiger partial charge in [0.1, 0.15) is 11.7 Å². The molecule has 2 aromatic rings. The predicted molar refractivity (Wildman–Crippen MR) is 187 cm³/mol. The average Bonchev–Trinajstić information content (AvgIpc) is 3.35. The van der Waals surface area contributed by atoms with Crippen molar-refractivity contribution >= 4 is 30.9 Å². The molecular weight excluding hydrogens is 748 g/mol. The van der Waals surface area contributed by atoms with Crippen LogP contribution < -0.4 is 0 Å². The van der Waals surface area contributed by atoms with Gasteiger partial charge in [0.25, 0.3) is 0 Å². The molecule has 1 aromatic heterocycles. The molecule has 2 aliphatic carbocycles. The highest BCUT2D eigenvalue weighted by atomic mass is 127. The lowest BCUT2D eigenvalue weighted by Gasteiger charge is -2.51. The summed E-state index contributed by atoms with van der Waals surface area (Å²) in [6.45, 7) is 13.7. The molecule has 4 heterocycles. The van der Waals surface area contributed by atoms with Gasteiger partial charge < -0.3 is 18.6 Å². The lowest BCUT2D eigenvalue weighted by Crippen LogP contribution is -2.48. The van der Waals surface area contributed by atoms with Crippen molar-refractivity contribution in [3.63, 3.8) is 0 Å². The van der Waals surface area contributed by atoms with Crippen molar-refractivity contribution in [1.29, 1.82) is 5.26 Å². The van der Waals surface area contributed by atoms with E-state index in [2.05, 4.69) is 56.5 Å². The Bertz CT molecular complexity index is 1630. The molecule has 0 radical (unpaired) electrons. The van der Waals surface area contributed by atoms with Crippen molar-refractivity contribution in [1.82, 2.24) is 4.98 Å². The van der Waals surface area contributed by atoms with Gasteiger partial charge in [-0.25, -0.2) is 0 Å². The van der Waals surface area contributed by atoms with Gasteiger partial charge in [-0.3, -0.25) is 4.98 Å². The number of nitriles is 1. The summed E-state index contributed by atoms with van der Waals surface area (Å²) in [6, 6.07) is 5.75. The molecule has 3 fully saturated rings. The van der Waals surface area contributed by atoms with Crippen LogP contribution in [-0.2, 0) is 36.8 Å². The summed E-state index contributed by atoms with van der Waals surface area (Å²) in [5, 5.41) is 9.89. The van der Waals surface area contributed by atoms with Crippen LogP contribution >= 0.6 is 22.6 Å². The molecule has 0 bridgehead atoms. The topological polar surface area (TPSA) is 73.6 Å². The maximum atomic E-state index is 13.9. The second-order valence-electron chi connectivity index (χ2n) is 16.2. The van der Waals surface area contributed by atoms with Crippen molar-refractivity contribution in [3.8, 4) is 6.07 Å². The number of halogens is 4. The Labute approximate surface area is 296 Å². The SMILES string of the molecule is CC(C)(C)[Si](C)(C)OC1CC2(CCC2)Cc2nc(C3CCOCC3)c3c(c21)C1(CCOCC1I)OC3c1ccc(C(F)(F)F)c(C#N)c1. The summed E-state index contributed by atoms with van der Waals surface area (Å²) in [6.07, 6.45) is 2.23. The number of alkyl halides is 4. The quantitative estimate of drug-likeness (QED) is 0.175. The third-order valence-electron chi connectivity index (χ3n) is 12.3. The molecule has 6 nitrogen and oxygen atoms in total. The van der Waals surface area contributed by atoms with Gasteiger partial charge in [0.15, 0.2) is 8.32 Å². The highest BCUT2D eigenvalue weighted by Gasteiger charge is 2.58. The van der Waals surface area contributed by atoms with Gasteiger partial charge >= 0.3 is 6.18 Å². The van der Waals surface area contributed by atoms with E-state index < -0.39 is 37.3 Å². The molecular formula is C37H46F3IN2O4Si. The number of ether oxygens (including phenoxy) is 3. The van der Waals surface area contributed by atoms with Crippen molar-refractivity contribution in [2.45, 2.75) is 124 Å². The second kappa shape index (κ2) is 12.3. The zero-order valence-corrected chi connectivity index (χ0v) is 31.7. The van der Waals surface area contributed by atoms with E-state index in [0.717, 1.165) is 59.8 Å². The standard InChI is InChI=1S/C37H46F3IN2O4Si/c1-34(2,3)48(4,5)47-27-19-35(11-6-12-35)18-26-29(27)31-30(32(43-26)22-9-14-44-15-10-22)33(46-36(31)13-16-45-21-28(36)41)23-7-8-25(37(38,39)40)24(17-23)20-42/h7-8,17,22,27-28,33H,6,9-16,18-19,21H2,1-5H3. The molecule has 2 saturated heterocycles. The highest BCUT2D eigenvalue weighted by molar-refractivity contribution is 14.1. The molecule has 0 amide bonds. The van der Waals surface area contributed by atoms with E-state index in [-0.39, 0.29) is 26.4 Å². The van der Waals surface area contributed by atoms with Crippen LogP contribution in [0.1, 0.15) is 129 Å². The minimum absolute atomic E-state index is 0.00511. The third-order valence-corrected chi connectivity index (χ3v) is 18.2. The van der Waals surface area contributed by atoms with Gasteiger partial charge in [-0.1, -0.05) is 55.8 Å². The Morgan fingerprint density at radius 2 is 1.77 bits per heavy atom. The van der Waals surface area contributed by atoms with Crippen LogP contribution in [0.3, 0.4) is 0 Å². The van der Waals surface area contributed by atoms with E-state index in [1.54, 1.807) is 0 Å². The van der Waals surface area contributed by atoms with Crippen LogP contribution in [0.15, 0.2) is 18.2 Å². The number of pyridine rings is 1. The fourth-order valence-electron chi connectivity index (χ4n) is 8.53. The summed E-state index contributed by atoms with van der Waals surface area (Å²) in [5.41, 5.74) is 4.04. The third kappa shape index (κ3) is 5.78. The first-order chi connectivity index (χ1) is 22.6. The van der Waals surface area contributed by atoms with Gasteiger partial charge in [0.2, 0.25) is 0 Å². The van der Waals surface area contributed by atoms with Crippen molar-refractivity contribution in [2.75, 3.05) is 26.4 Å². The Hall–Kier alpha value is -1.56. The number of benzene rings is 1.